The number of nitrogens with zero attached hydrogens (tertiary/aromatic N) is 3. The highest BCUT2D eigenvalue weighted by Gasteiger charge is 2.62. The molecule has 2 heterocycles. The van der Waals surface area contributed by atoms with Gasteiger partial charge < -0.3 is 15.2 Å². The summed E-state index contributed by atoms with van der Waals surface area (Å²) < 4.78 is 44.2. The fraction of sp³-hybridized carbons (Fsp3) is 0.444. The van der Waals surface area contributed by atoms with Crippen LogP contribution in [-0.2, 0) is 15.3 Å². The van der Waals surface area contributed by atoms with E-state index in [-0.39, 0.29) is 12.6 Å². The van der Waals surface area contributed by atoms with Crippen molar-refractivity contribution in [1.29, 1.82) is 0 Å². The Hall–Kier alpha value is -2.10. The van der Waals surface area contributed by atoms with Gasteiger partial charge in [-0.15, -0.1) is 10.2 Å². The van der Waals surface area contributed by atoms with E-state index in [0.29, 0.717) is 17.1 Å². The fourth-order valence-electron chi connectivity index (χ4n) is 1.64. The lowest BCUT2D eigenvalue weighted by Crippen LogP contribution is -2.53. The van der Waals surface area contributed by atoms with Gasteiger partial charge >= 0.3 is 12.1 Å². The minimum Gasteiger partial charge on any atom is -0.462 e. The molecular weight excluding hydrogens is 269 g/mol. The SMILES string of the molecule is CCOC(=O)C1=CNc2nncn2C1(O)C(F)(F)F. The normalized spacial score (nSPS) is 22.3. The Bertz CT molecular complexity index is 539. The van der Waals surface area contributed by atoms with Crippen molar-refractivity contribution >= 4 is 11.9 Å². The van der Waals surface area contributed by atoms with Crippen molar-refractivity contribution in [3.63, 3.8) is 0 Å². The third-order valence-corrected chi connectivity index (χ3v) is 2.51. The van der Waals surface area contributed by atoms with Crippen molar-refractivity contribution < 1.29 is 27.8 Å². The van der Waals surface area contributed by atoms with Gasteiger partial charge in [0.1, 0.15) is 11.9 Å². The molecule has 0 spiro atoms. The molecule has 2 rings (SSSR count). The van der Waals surface area contributed by atoms with E-state index >= 15 is 0 Å². The Labute approximate surface area is 104 Å². The zero-order valence-corrected chi connectivity index (χ0v) is 9.60. The summed E-state index contributed by atoms with van der Waals surface area (Å²) in [5.41, 5.74) is -4.56. The van der Waals surface area contributed by atoms with Crippen LogP contribution < -0.4 is 5.32 Å². The van der Waals surface area contributed by atoms with Crippen LogP contribution in [0.3, 0.4) is 0 Å². The number of carbonyl (C=O) groups excluding carboxylic acids is 1. The molecule has 0 amide bonds. The molecule has 0 aromatic carbocycles. The number of rotatable bonds is 2. The van der Waals surface area contributed by atoms with Crippen LogP contribution in [0.25, 0.3) is 0 Å². The van der Waals surface area contributed by atoms with Gasteiger partial charge in [-0.1, -0.05) is 0 Å². The van der Waals surface area contributed by atoms with E-state index in [1.807, 2.05) is 0 Å². The number of alkyl halides is 3. The number of fused-ring (bicyclic) bond motifs is 1. The van der Waals surface area contributed by atoms with Gasteiger partial charge in [0.15, 0.2) is 0 Å². The molecule has 19 heavy (non-hydrogen) atoms. The van der Waals surface area contributed by atoms with Crippen LogP contribution in [0.15, 0.2) is 18.1 Å². The number of hydrogen-bond acceptors (Lipinski definition) is 6. The zero-order valence-electron chi connectivity index (χ0n) is 9.60. The summed E-state index contributed by atoms with van der Waals surface area (Å²) in [7, 11) is 0. The van der Waals surface area contributed by atoms with Crippen LogP contribution in [0, 0.1) is 0 Å². The predicted octanol–water partition coefficient (Wildman–Crippen LogP) is 0.358. The minimum absolute atomic E-state index is 0.126. The molecule has 2 N–H and O–H groups in total. The predicted molar refractivity (Wildman–Crippen MR) is 54.6 cm³/mol. The average molecular weight is 278 g/mol. The number of carbonyl (C=O) groups is 1. The highest BCUT2D eigenvalue weighted by Crippen LogP contribution is 2.43. The fourth-order valence-corrected chi connectivity index (χ4v) is 1.64. The molecule has 7 nitrogen and oxygen atoms in total. The molecule has 0 bridgehead atoms. The second kappa shape index (κ2) is 4.23. The Balaban J connectivity index is 2.56. The summed E-state index contributed by atoms with van der Waals surface area (Å²) in [6.07, 6.45) is -3.78. The number of nitrogens with one attached hydrogen (secondary N) is 1. The summed E-state index contributed by atoms with van der Waals surface area (Å²) >= 11 is 0. The van der Waals surface area contributed by atoms with Gasteiger partial charge in [-0.25, -0.2) is 4.79 Å². The van der Waals surface area contributed by atoms with Crippen LogP contribution in [0.4, 0.5) is 19.1 Å². The van der Waals surface area contributed by atoms with Crippen molar-refractivity contribution in [2.75, 3.05) is 11.9 Å². The van der Waals surface area contributed by atoms with E-state index < -0.39 is 23.4 Å². The maximum absolute atomic E-state index is 13.1. The van der Waals surface area contributed by atoms with Crippen molar-refractivity contribution in [2.24, 2.45) is 0 Å². The maximum atomic E-state index is 13.1. The number of hydrogen-bond donors (Lipinski definition) is 2. The van der Waals surface area contributed by atoms with E-state index in [9.17, 15) is 23.1 Å². The molecular formula is C9H9F3N4O3. The summed E-state index contributed by atoms with van der Waals surface area (Å²) in [6.45, 7) is 1.31. The van der Waals surface area contributed by atoms with Gasteiger partial charge in [-0.2, -0.15) is 13.2 Å². The molecule has 0 aliphatic carbocycles. The Morgan fingerprint density at radius 1 is 1.63 bits per heavy atom. The number of aromatic nitrogens is 3. The standard InChI is InChI=1S/C9H9F3N4O3/c1-2-19-6(17)5-3-13-7-15-14-4-16(7)8(5,18)9(10,11)12/h3-4,18H,2H2,1H3,(H,13,15). The van der Waals surface area contributed by atoms with Crippen LogP contribution in [0.2, 0.25) is 0 Å². The van der Waals surface area contributed by atoms with E-state index in [0.717, 1.165) is 0 Å². The molecule has 0 saturated heterocycles. The highest BCUT2D eigenvalue weighted by atomic mass is 19.4. The summed E-state index contributed by atoms with van der Waals surface area (Å²) in [4.78, 5) is 11.5. The second-order valence-corrected chi connectivity index (χ2v) is 3.62. The monoisotopic (exact) mass is 278 g/mol. The molecule has 1 aromatic heterocycles. The summed E-state index contributed by atoms with van der Waals surface area (Å²) in [5, 5.41) is 18.9. The second-order valence-electron chi connectivity index (χ2n) is 3.62. The first kappa shape index (κ1) is 13.3. The molecule has 104 valence electrons. The van der Waals surface area contributed by atoms with Crippen LogP contribution in [-0.4, -0.2) is 38.6 Å². The lowest BCUT2D eigenvalue weighted by Gasteiger charge is -2.35. The van der Waals surface area contributed by atoms with E-state index in [1.54, 1.807) is 0 Å². The molecule has 0 fully saturated rings. The van der Waals surface area contributed by atoms with Crippen molar-refractivity contribution in [1.82, 2.24) is 14.8 Å². The first-order chi connectivity index (χ1) is 8.82. The highest BCUT2D eigenvalue weighted by molar-refractivity contribution is 5.91. The smallest absolute Gasteiger partial charge is 0.442 e. The van der Waals surface area contributed by atoms with Gasteiger partial charge in [-0.05, 0) is 6.92 Å². The van der Waals surface area contributed by atoms with Gasteiger partial charge in [-0.3, -0.25) is 4.57 Å². The van der Waals surface area contributed by atoms with Crippen molar-refractivity contribution in [2.45, 2.75) is 18.8 Å². The van der Waals surface area contributed by atoms with Crippen molar-refractivity contribution in [3.05, 3.63) is 18.1 Å². The van der Waals surface area contributed by atoms with Crippen LogP contribution in [0.5, 0.6) is 0 Å². The molecule has 10 heteroatoms. The molecule has 1 unspecified atom stereocenters. The number of esters is 1. The molecule has 1 aliphatic heterocycles. The first-order valence-corrected chi connectivity index (χ1v) is 5.16. The molecule has 1 atom stereocenters. The number of halogens is 3. The number of anilines is 1. The van der Waals surface area contributed by atoms with Gasteiger partial charge in [0.2, 0.25) is 5.95 Å². The van der Waals surface area contributed by atoms with E-state index in [1.165, 1.54) is 6.92 Å². The molecule has 0 radical (unpaired) electrons. The topological polar surface area (TPSA) is 89.3 Å². The van der Waals surface area contributed by atoms with Crippen molar-refractivity contribution in [3.8, 4) is 0 Å². The Morgan fingerprint density at radius 2 is 2.32 bits per heavy atom. The van der Waals surface area contributed by atoms with E-state index in [4.69, 9.17) is 0 Å². The van der Waals surface area contributed by atoms with Crippen LogP contribution >= 0.6 is 0 Å². The van der Waals surface area contributed by atoms with Gasteiger partial charge in [0.25, 0.3) is 5.72 Å². The lowest BCUT2D eigenvalue weighted by atomic mass is 10.0. The third-order valence-electron chi connectivity index (χ3n) is 2.51. The minimum atomic E-state index is -5.15. The van der Waals surface area contributed by atoms with E-state index in [2.05, 4.69) is 20.3 Å². The zero-order chi connectivity index (χ0) is 14.3. The first-order valence-electron chi connectivity index (χ1n) is 5.16. The lowest BCUT2D eigenvalue weighted by molar-refractivity contribution is -0.281. The molecule has 1 aliphatic rings. The van der Waals surface area contributed by atoms with Gasteiger partial charge in [0, 0.05) is 6.20 Å². The Kier molecular flexibility index (Phi) is 2.97. The number of ether oxygens (including phenoxy) is 1. The molecule has 1 aromatic rings. The summed E-state index contributed by atoms with van der Waals surface area (Å²) in [5.74, 6) is -1.62. The third kappa shape index (κ3) is 1.84. The maximum Gasteiger partial charge on any atom is 0.442 e. The largest absolute Gasteiger partial charge is 0.462 e. The Morgan fingerprint density at radius 3 is 2.89 bits per heavy atom. The van der Waals surface area contributed by atoms with Gasteiger partial charge in [0.05, 0.1) is 6.61 Å². The number of aliphatic hydroxyl groups is 1. The average Bonchev–Trinajstić information content (AvgIpc) is 2.77. The molecule has 0 saturated carbocycles. The quantitative estimate of drug-likeness (QED) is 0.759. The summed E-state index contributed by atoms with van der Waals surface area (Å²) in [6, 6.07) is 0. The van der Waals surface area contributed by atoms with Crippen LogP contribution in [0.1, 0.15) is 6.92 Å².